The van der Waals surface area contributed by atoms with Crippen LogP contribution in [0.3, 0.4) is 0 Å². The van der Waals surface area contributed by atoms with Gasteiger partial charge < -0.3 is 9.80 Å². The minimum atomic E-state index is 0.717. The number of nitrogens with zero attached hydrogens (tertiary/aromatic N) is 5. The molecule has 0 bridgehead atoms. The molecule has 23 heavy (non-hydrogen) atoms. The zero-order chi connectivity index (χ0) is 16.1. The maximum atomic E-state index is 4.73. The fraction of sp³-hybridized carbons (Fsp3) is 0.588. The Balaban J connectivity index is 1.49. The molecule has 0 aliphatic carbocycles. The van der Waals surface area contributed by atoms with Crippen molar-refractivity contribution in [3.8, 4) is 0 Å². The Kier molecular flexibility index (Phi) is 3.52. The van der Waals surface area contributed by atoms with Crippen LogP contribution in [0.25, 0.3) is 0 Å². The van der Waals surface area contributed by atoms with E-state index >= 15 is 0 Å². The fourth-order valence-electron chi connectivity index (χ4n) is 3.76. The number of thiazole rings is 1. The summed E-state index contributed by atoms with van der Waals surface area (Å²) in [7, 11) is 0. The molecule has 4 rings (SSSR count). The third-order valence-electron chi connectivity index (χ3n) is 5.38. The first-order valence-electron chi connectivity index (χ1n) is 8.25. The molecule has 2 unspecified atom stereocenters. The molecule has 0 aromatic carbocycles. The molecule has 0 amide bonds. The third-order valence-corrected chi connectivity index (χ3v) is 6.52. The summed E-state index contributed by atoms with van der Waals surface area (Å²) in [6.07, 6.45) is 1.69. The number of rotatable bonds is 2. The van der Waals surface area contributed by atoms with Crippen LogP contribution in [0.4, 0.5) is 10.9 Å². The van der Waals surface area contributed by atoms with Gasteiger partial charge in [-0.25, -0.2) is 15.0 Å². The number of anilines is 2. The minimum absolute atomic E-state index is 0.717. The van der Waals surface area contributed by atoms with Crippen LogP contribution in [0.5, 0.6) is 0 Å². The Bertz CT molecular complexity index is 707. The highest BCUT2D eigenvalue weighted by Crippen LogP contribution is 2.38. The molecule has 122 valence electrons. The van der Waals surface area contributed by atoms with Crippen molar-refractivity contribution < 1.29 is 0 Å². The van der Waals surface area contributed by atoms with E-state index in [0.29, 0.717) is 11.8 Å². The van der Waals surface area contributed by atoms with Crippen molar-refractivity contribution in [3.63, 3.8) is 0 Å². The van der Waals surface area contributed by atoms with Crippen LogP contribution in [-0.4, -0.2) is 41.1 Å². The van der Waals surface area contributed by atoms with E-state index in [1.165, 1.54) is 21.3 Å². The molecule has 2 saturated heterocycles. The van der Waals surface area contributed by atoms with E-state index in [4.69, 9.17) is 4.98 Å². The van der Waals surface area contributed by atoms with Crippen molar-refractivity contribution in [1.82, 2.24) is 15.0 Å². The van der Waals surface area contributed by atoms with Crippen LogP contribution in [0.15, 0.2) is 6.33 Å². The number of aryl methyl sites for hydroxylation is 3. The van der Waals surface area contributed by atoms with Crippen molar-refractivity contribution in [2.75, 3.05) is 36.0 Å². The lowest BCUT2D eigenvalue weighted by molar-refractivity contribution is 0.533. The summed E-state index contributed by atoms with van der Waals surface area (Å²) >= 11 is 1.83. The molecule has 2 atom stereocenters. The fourth-order valence-corrected chi connectivity index (χ4v) is 4.69. The van der Waals surface area contributed by atoms with Crippen molar-refractivity contribution in [1.29, 1.82) is 0 Å². The molecule has 2 aliphatic heterocycles. The smallest absolute Gasteiger partial charge is 0.185 e. The van der Waals surface area contributed by atoms with E-state index in [1.807, 2.05) is 11.3 Å². The second kappa shape index (κ2) is 5.44. The topological polar surface area (TPSA) is 45.2 Å². The highest BCUT2D eigenvalue weighted by molar-refractivity contribution is 7.15. The first-order chi connectivity index (χ1) is 11.0. The van der Waals surface area contributed by atoms with Gasteiger partial charge in [0, 0.05) is 54.1 Å². The predicted molar refractivity (Wildman–Crippen MR) is 94.5 cm³/mol. The van der Waals surface area contributed by atoms with E-state index in [9.17, 15) is 0 Å². The Morgan fingerprint density at radius 3 is 2.17 bits per heavy atom. The average molecular weight is 329 g/mol. The molecule has 2 aromatic heterocycles. The Morgan fingerprint density at radius 1 is 0.913 bits per heavy atom. The van der Waals surface area contributed by atoms with Gasteiger partial charge in [0.1, 0.15) is 12.1 Å². The minimum Gasteiger partial charge on any atom is -0.356 e. The second-order valence-electron chi connectivity index (χ2n) is 6.88. The lowest BCUT2D eigenvalue weighted by Crippen LogP contribution is -2.29. The molecule has 0 spiro atoms. The Labute approximate surface area is 141 Å². The summed E-state index contributed by atoms with van der Waals surface area (Å²) in [6.45, 7) is 12.9. The van der Waals surface area contributed by atoms with E-state index in [0.717, 1.165) is 37.7 Å². The lowest BCUT2D eigenvalue weighted by Gasteiger charge is -2.23. The standard InChI is InChI=1S/C17H23N5S/c1-10-11(2)18-9-19-16(10)21-5-14-7-22(8-15(14)6-21)17-20-12(3)13(4)23-17/h9,14-15H,5-8H2,1-4H3. The van der Waals surface area contributed by atoms with Gasteiger partial charge in [-0.3, -0.25) is 0 Å². The van der Waals surface area contributed by atoms with Crippen LogP contribution in [0, 0.1) is 39.5 Å². The molecule has 2 fully saturated rings. The predicted octanol–water partition coefficient (Wildman–Crippen LogP) is 2.74. The molecule has 4 heterocycles. The monoisotopic (exact) mass is 329 g/mol. The highest BCUT2D eigenvalue weighted by Gasteiger charge is 2.41. The van der Waals surface area contributed by atoms with E-state index in [-0.39, 0.29) is 0 Å². The van der Waals surface area contributed by atoms with Gasteiger partial charge in [-0.05, 0) is 27.7 Å². The van der Waals surface area contributed by atoms with E-state index in [1.54, 1.807) is 6.33 Å². The number of aromatic nitrogens is 3. The molecule has 0 saturated carbocycles. The Morgan fingerprint density at radius 2 is 1.57 bits per heavy atom. The molecule has 5 nitrogen and oxygen atoms in total. The summed E-state index contributed by atoms with van der Waals surface area (Å²) in [5.41, 5.74) is 3.48. The maximum absolute atomic E-state index is 4.73. The van der Waals surface area contributed by atoms with Gasteiger partial charge in [-0.2, -0.15) is 0 Å². The molecule has 2 aromatic rings. The van der Waals surface area contributed by atoms with Crippen molar-refractivity contribution in [2.45, 2.75) is 27.7 Å². The van der Waals surface area contributed by atoms with Gasteiger partial charge in [0.05, 0.1) is 5.69 Å². The van der Waals surface area contributed by atoms with E-state index < -0.39 is 0 Å². The molecule has 2 aliphatic rings. The van der Waals surface area contributed by atoms with Crippen LogP contribution >= 0.6 is 11.3 Å². The van der Waals surface area contributed by atoms with Crippen molar-refractivity contribution >= 4 is 22.3 Å². The molecular formula is C17H23N5S. The van der Waals surface area contributed by atoms with Crippen LogP contribution in [0.2, 0.25) is 0 Å². The summed E-state index contributed by atoms with van der Waals surface area (Å²) in [5, 5.41) is 1.20. The van der Waals surface area contributed by atoms with Crippen molar-refractivity contribution in [3.05, 3.63) is 28.2 Å². The van der Waals surface area contributed by atoms with Crippen LogP contribution in [-0.2, 0) is 0 Å². The average Bonchev–Trinajstić information content (AvgIpc) is 3.16. The molecule has 6 heteroatoms. The summed E-state index contributed by atoms with van der Waals surface area (Å²) in [4.78, 5) is 19.8. The largest absolute Gasteiger partial charge is 0.356 e. The van der Waals surface area contributed by atoms with Gasteiger partial charge in [-0.15, -0.1) is 11.3 Å². The molecular weight excluding hydrogens is 306 g/mol. The third kappa shape index (κ3) is 2.49. The van der Waals surface area contributed by atoms with Gasteiger partial charge in [0.25, 0.3) is 0 Å². The number of hydrogen-bond donors (Lipinski definition) is 0. The van der Waals surface area contributed by atoms with Gasteiger partial charge in [0.2, 0.25) is 0 Å². The molecule has 0 N–H and O–H groups in total. The first kappa shape index (κ1) is 14.9. The number of hydrogen-bond acceptors (Lipinski definition) is 6. The highest BCUT2D eigenvalue weighted by atomic mass is 32.1. The zero-order valence-electron chi connectivity index (χ0n) is 14.2. The number of fused-ring (bicyclic) bond motifs is 1. The van der Waals surface area contributed by atoms with Crippen LogP contribution in [0.1, 0.15) is 21.8 Å². The van der Waals surface area contributed by atoms with Gasteiger partial charge in [-0.1, -0.05) is 0 Å². The van der Waals surface area contributed by atoms with Gasteiger partial charge >= 0.3 is 0 Å². The normalized spacial score (nSPS) is 23.7. The zero-order valence-corrected chi connectivity index (χ0v) is 15.0. The van der Waals surface area contributed by atoms with Crippen LogP contribution < -0.4 is 9.80 Å². The first-order valence-corrected chi connectivity index (χ1v) is 9.06. The quantitative estimate of drug-likeness (QED) is 0.848. The van der Waals surface area contributed by atoms with Crippen molar-refractivity contribution in [2.24, 2.45) is 11.8 Å². The van der Waals surface area contributed by atoms with Gasteiger partial charge in [0.15, 0.2) is 5.13 Å². The molecule has 0 radical (unpaired) electrons. The second-order valence-corrected chi connectivity index (χ2v) is 8.06. The van der Waals surface area contributed by atoms with E-state index in [2.05, 4.69) is 47.5 Å². The lowest BCUT2D eigenvalue weighted by atomic mass is 10.0. The Hall–Kier alpha value is -1.69. The maximum Gasteiger partial charge on any atom is 0.185 e. The summed E-state index contributed by atoms with van der Waals surface area (Å²) < 4.78 is 0. The summed E-state index contributed by atoms with van der Waals surface area (Å²) in [6, 6.07) is 0. The SMILES string of the molecule is Cc1nc(N2CC3CN(c4ncnc(C)c4C)CC3C2)sc1C. The summed E-state index contributed by atoms with van der Waals surface area (Å²) in [5.74, 6) is 2.56.